The lowest BCUT2D eigenvalue weighted by Gasteiger charge is -2.23. The van der Waals surface area contributed by atoms with Gasteiger partial charge in [-0.15, -0.1) is 22.0 Å². The van der Waals surface area contributed by atoms with Gasteiger partial charge in [0.05, 0.1) is 10.9 Å². The van der Waals surface area contributed by atoms with E-state index in [0.29, 0.717) is 5.13 Å². The Balaban J connectivity index is 1.31. The number of benzene rings is 2. The standard InChI is InChI=1S/C19H16N4O2S3/c24-16(10-15-17(25)20-13-8-4-5-9-14(13)27-15)21-18-22-23-19(28-18)26-11-12-6-2-1-3-7-12/h1-9,15H,10-11H2,(H,20,25)(H,21,22,24). The van der Waals surface area contributed by atoms with Crippen LogP contribution in [0.2, 0.25) is 0 Å². The quantitative estimate of drug-likeness (QED) is 0.451. The number of amides is 2. The average Bonchev–Trinajstić information content (AvgIpc) is 3.15. The zero-order chi connectivity index (χ0) is 19.3. The summed E-state index contributed by atoms with van der Waals surface area (Å²) in [6.07, 6.45) is 0.0803. The highest BCUT2D eigenvalue weighted by atomic mass is 32.2. The van der Waals surface area contributed by atoms with E-state index >= 15 is 0 Å². The number of hydrogen-bond acceptors (Lipinski definition) is 7. The van der Waals surface area contributed by atoms with Gasteiger partial charge in [0.15, 0.2) is 4.34 Å². The Morgan fingerprint density at radius 2 is 1.89 bits per heavy atom. The minimum absolute atomic E-state index is 0.0803. The van der Waals surface area contributed by atoms with Crippen molar-refractivity contribution in [3.8, 4) is 0 Å². The van der Waals surface area contributed by atoms with Crippen LogP contribution in [0.5, 0.6) is 0 Å². The molecule has 0 saturated heterocycles. The third kappa shape index (κ3) is 4.73. The van der Waals surface area contributed by atoms with Gasteiger partial charge in [-0.2, -0.15) is 0 Å². The molecule has 0 aliphatic carbocycles. The van der Waals surface area contributed by atoms with Crippen LogP contribution in [0, 0.1) is 0 Å². The number of anilines is 2. The van der Waals surface area contributed by atoms with E-state index in [1.807, 2.05) is 42.5 Å². The Morgan fingerprint density at radius 3 is 2.75 bits per heavy atom. The van der Waals surface area contributed by atoms with E-state index in [-0.39, 0.29) is 18.2 Å². The van der Waals surface area contributed by atoms with E-state index in [1.54, 1.807) is 11.8 Å². The number of thioether (sulfide) groups is 2. The molecule has 1 aliphatic heterocycles. The number of nitrogens with one attached hydrogen (secondary N) is 2. The van der Waals surface area contributed by atoms with Crippen molar-refractivity contribution in [2.75, 3.05) is 10.6 Å². The molecule has 0 spiro atoms. The zero-order valence-corrected chi connectivity index (χ0v) is 17.1. The monoisotopic (exact) mass is 428 g/mol. The fraction of sp³-hybridized carbons (Fsp3) is 0.158. The maximum atomic E-state index is 12.4. The fourth-order valence-corrected chi connectivity index (χ4v) is 5.44. The van der Waals surface area contributed by atoms with Crippen LogP contribution in [0.4, 0.5) is 10.8 Å². The topological polar surface area (TPSA) is 84.0 Å². The van der Waals surface area contributed by atoms with Gasteiger partial charge in [-0.3, -0.25) is 9.59 Å². The lowest BCUT2D eigenvalue weighted by Crippen LogP contribution is -2.32. The second kappa shape index (κ2) is 8.76. The zero-order valence-electron chi connectivity index (χ0n) is 14.6. The van der Waals surface area contributed by atoms with Crippen molar-refractivity contribution in [3.05, 3.63) is 60.2 Å². The predicted molar refractivity (Wildman–Crippen MR) is 114 cm³/mol. The largest absolute Gasteiger partial charge is 0.324 e. The molecule has 9 heteroatoms. The Bertz CT molecular complexity index is 994. The second-order valence-electron chi connectivity index (χ2n) is 5.99. The van der Waals surface area contributed by atoms with Gasteiger partial charge in [0.1, 0.15) is 0 Å². The molecular weight excluding hydrogens is 412 g/mol. The highest BCUT2D eigenvalue weighted by molar-refractivity contribution is 8.01. The molecule has 3 aromatic rings. The first-order valence-electron chi connectivity index (χ1n) is 8.54. The van der Waals surface area contributed by atoms with Gasteiger partial charge < -0.3 is 10.6 Å². The molecule has 2 amide bonds. The molecule has 1 unspecified atom stereocenters. The number of aromatic nitrogens is 2. The minimum atomic E-state index is -0.463. The molecule has 142 valence electrons. The Kier molecular flexibility index (Phi) is 5.94. The van der Waals surface area contributed by atoms with E-state index in [1.165, 1.54) is 28.7 Å². The van der Waals surface area contributed by atoms with Gasteiger partial charge in [-0.1, -0.05) is 65.6 Å². The summed E-state index contributed by atoms with van der Waals surface area (Å²) in [4.78, 5) is 25.6. The predicted octanol–water partition coefficient (Wildman–Crippen LogP) is 4.27. The first-order chi connectivity index (χ1) is 13.7. The number of hydrogen-bond donors (Lipinski definition) is 2. The molecule has 28 heavy (non-hydrogen) atoms. The molecule has 0 saturated carbocycles. The van der Waals surface area contributed by atoms with E-state index in [9.17, 15) is 9.59 Å². The molecule has 2 heterocycles. The van der Waals surface area contributed by atoms with Crippen LogP contribution < -0.4 is 10.6 Å². The van der Waals surface area contributed by atoms with Crippen molar-refractivity contribution in [3.63, 3.8) is 0 Å². The number of nitrogens with zero attached hydrogens (tertiary/aromatic N) is 2. The van der Waals surface area contributed by atoms with Crippen molar-refractivity contribution in [2.24, 2.45) is 0 Å². The second-order valence-corrected chi connectivity index (χ2v) is 9.44. The molecule has 0 fully saturated rings. The molecule has 0 radical (unpaired) electrons. The molecule has 2 aromatic carbocycles. The van der Waals surface area contributed by atoms with Gasteiger partial charge >= 0.3 is 0 Å². The highest BCUT2D eigenvalue weighted by Crippen LogP contribution is 2.36. The van der Waals surface area contributed by atoms with Crippen LogP contribution in [-0.4, -0.2) is 27.3 Å². The third-order valence-corrected chi connectivity index (χ3v) is 7.25. The Hall–Kier alpha value is -2.36. The number of carbonyl (C=O) groups excluding carboxylic acids is 2. The summed E-state index contributed by atoms with van der Waals surface area (Å²) >= 11 is 4.31. The smallest absolute Gasteiger partial charge is 0.238 e. The summed E-state index contributed by atoms with van der Waals surface area (Å²) in [6, 6.07) is 17.7. The Labute approximate surface area is 174 Å². The molecular formula is C19H16N4O2S3. The number of fused-ring (bicyclic) bond motifs is 1. The SMILES string of the molecule is O=C(CC1Sc2ccccc2NC1=O)Nc1nnc(SCc2ccccc2)s1. The van der Waals surface area contributed by atoms with Gasteiger partial charge in [0.2, 0.25) is 16.9 Å². The summed E-state index contributed by atoms with van der Waals surface area (Å²) in [5.74, 6) is 0.389. The van der Waals surface area contributed by atoms with Crippen molar-refractivity contribution < 1.29 is 9.59 Å². The third-order valence-electron chi connectivity index (χ3n) is 3.94. The van der Waals surface area contributed by atoms with Crippen LogP contribution >= 0.6 is 34.9 Å². The van der Waals surface area contributed by atoms with Gasteiger partial charge in [0.25, 0.3) is 0 Å². The van der Waals surface area contributed by atoms with Crippen LogP contribution in [-0.2, 0) is 15.3 Å². The maximum absolute atomic E-state index is 12.4. The first kappa shape index (κ1) is 19.0. The first-order valence-corrected chi connectivity index (χ1v) is 11.2. The number of rotatable bonds is 6. The van der Waals surface area contributed by atoms with Crippen molar-refractivity contribution in [2.45, 2.75) is 26.7 Å². The molecule has 1 aliphatic rings. The van der Waals surface area contributed by atoms with Crippen LogP contribution in [0.15, 0.2) is 63.8 Å². The molecule has 1 atom stereocenters. The molecule has 6 nitrogen and oxygen atoms in total. The highest BCUT2D eigenvalue weighted by Gasteiger charge is 2.29. The van der Waals surface area contributed by atoms with E-state index in [0.717, 1.165) is 20.7 Å². The lowest BCUT2D eigenvalue weighted by atomic mass is 10.2. The lowest BCUT2D eigenvalue weighted by molar-refractivity contribution is -0.120. The van der Waals surface area contributed by atoms with E-state index in [4.69, 9.17) is 0 Å². The maximum Gasteiger partial charge on any atom is 0.238 e. The van der Waals surface area contributed by atoms with Gasteiger partial charge in [0, 0.05) is 17.1 Å². The summed E-state index contributed by atoms with van der Waals surface area (Å²) in [5, 5.41) is 13.7. The molecule has 0 bridgehead atoms. The van der Waals surface area contributed by atoms with Crippen molar-refractivity contribution >= 4 is 57.5 Å². The number of carbonyl (C=O) groups is 2. The Morgan fingerprint density at radius 1 is 1.11 bits per heavy atom. The average molecular weight is 429 g/mol. The minimum Gasteiger partial charge on any atom is -0.324 e. The molecule has 1 aromatic heterocycles. The van der Waals surface area contributed by atoms with Crippen LogP contribution in [0.3, 0.4) is 0 Å². The number of para-hydroxylation sites is 1. The molecule has 4 rings (SSSR count). The normalized spacial score (nSPS) is 15.6. The van der Waals surface area contributed by atoms with Gasteiger partial charge in [-0.25, -0.2) is 0 Å². The van der Waals surface area contributed by atoms with Gasteiger partial charge in [-0.05, 0) is 17.7 Å². The van der Waals surface area contributed by atoms with E-state index in [2.05, 4.69) is 33.0 Å². The van der Waals surface area contributed by atoms with Crippen LogP contribution in [0.25, 0.3) is 0 Å². The summed E-state index contributed by atoms with van der Waals surface area (Å²) in [6.45, 7) is 0. The summed E-state index contributed by atoms with van der Waals surface area (Å²) in [7, 11) is 0. The fourth-order valence-electron chi connectivity index (χ4n) is 2.60. The van der Waals surface area contributed by atoms with Crippen molar-refractivity contribution in [1.82, 2.24) is 10.2 Å². The van der Waals surface area contributed by atoms with E-state index < -0.39 is 5.25 Å². The summed E-state index contributed by atoms with van der Waals surface area (Å²) < 4.78 is 0.790. The molecule has 2 N–H and O–H groups in total. The van der Waals surface area contributed by atoms with Crippen LogP contribution in [0.1, 0.15) is 12.0 Å². The van der Waals surface area contributed by atoms with Crippen molar-refractivity contribution in [1.29, 1.82) is 0 Å². The summed E-state index contributed by atoms with van der Waals surface area (Å²) in [5.41, 5.74) is 1.99.